The van der Waals surface area contributed by atoms with Crippen LogP contribution in [0.4, 0.5) is 11.4 Å². The first-order chi connectivity index (χ1) is 11.2. The number of sulfonamides is 1. The van der Waals surface area contributed by atoms with Crippen LogP contribution in [-0.4, -0.2) is 28.1 Å². The van der Waals surface area contributed by atoms with E-state index in [0.29, 0.717) is 11.4 Å². The van der Waals surface area contributed by atoms with Crippen LogP contribution in [-0.2, 0) is 10.0 Å². The maximum Gasteiger partial charge on any atom is 0.264 e. The highest BCUT2D eigenvalue weighted by Crippen LogP contribution is 2.41. The molecule has 0 aliphatic carbocycles. The Labute approximate surface area is 152 Å². The minimum atomic E-state index is -3.63. The van der Waals surface area contributed by atoms with Gasteiger partial charge < -0.3 is 4.90 Å². The average Bonchev–Trinajstić information content (AvgIpc) is 2.47. The second-order valence-corrected chi connectivity index (χ2v) is 9.08. The Hall–Kier alpha value is -1.53. The first-order valence-corrected chi connectivity index (χ1v) is 10.1. The number of halogens is 1. The summed E-state index contributed by atoms with van der Waals surface area (Å²) in [6.07, 6.45) is 0. The van der Waals surface area contributed by atoms with Crippen LogP contribution >= 0.6 is 15.9 Å². The van der Waals surface area contributed by atoms with Crippen LogP contribution in [0.2, 0.25) is 0 Å². The Balaban J connectivity index is 2.23. The number of nitrogens with zero attached hydrogens (tertiary/aromatic N) is 2. The van der Waals surface area contributed by atoms with Crippen LogP contribution in [0.1, 0.15) is 18.1 Å². The largest absolute Gasteiger partial charge is 0.371 e. The molecule has 24 heavy (non-hydrogen) atoms. The summed E-state index contributed by atoms with van der Waals surface area (Å²) in [4.78, 5) is 2.48. The molecule has 0 bridgehead atoms. The van der Waals surface area contributed by atoms with E-state index in [2.05, 4.69) is 20.8 Å². The van der Waals surface area contributed by atoms with Gasteiger partial charge in [-0.05, 0) is 56.2 Å². The molecule has 1 aliphatic heterocycles. The molecule has 0 saturated carbocycles. The van der Waals surface area contributed by atoms with Gasteiger partial charge in [-0.15, -0.1) is 0 Å². The lowest BCUT2D eigenvalue weighted by Crippen LogP contribution is -2.49. The highest BCUT2D eigenvalue weighted by molar-refractivity contribution is 9.10. The van der Waals surface area contributed by atoms with Crippen molar-refractivity contribution >= 4 is 37.3 Å². The summed E-state index contributed by atoms with van der Waals surface area (Å²) in [6, 6.07) is 11.1. The van der Waals surface area contributed by atoms with Gasteiger partial charge in [0, 0.05) is 18.1 Å². The number of likely N-dealkylation sites (N-methyl/N-ethyl adjacent to an activating group) is 1. The fourth-order valence-electron chi connectivity index (χ4n) is 3.39. The van der Waals surface area contributed by atoms with Crippen molar-refractivity contribution in [3.63, 3.8) is 0 Å². The van der Waals surface area contributed by atoms with Crippen molar-refractivity contribution in [2.24, 2.45) is 0 Å². The summed E-state index contributed by atoms with van der Waals surface area (Å²) in [6.45, 7) is 6.40. The summed E-state index contributed by atoms with van der Waals surface area (Å²) in [5.74, 6) is 0. The van der Waals surface area contributed by atoms with Crippen LogP contribution in [0.3, 0.4) is 0 Å². The van der Waals surface area contributed by atoms with E-state index in [9.17, 15) is 8.42 Å². The number of hydrogen-bond acceptors (Lipinski definition) is 3. The molecule has 4 nitrogen and oxygen atoms in total. The molecule has 0 radical (unpaired) electrons. The zero-order valence-corrected chi connectivity index (χ0v) is 16.6. The second-order valence-electron chi connectivity index (χ2n) is 6.38. The summed E-state index contributed by atoms with van der Waals surface area (Å²) in [5.41, 5.74) is 3.43. The van der Waals surface area contributed by atoms with Gasteiger partial charge in [-0.1, -0.05) is 28.1 Å². The Morgan fingerprint density at radius 1 is 1.12 bits per heavy atom. The van der Waals surface area contributed by atoms with Gasteiger partial charge in [0.05, 0.1) is 22.3 Å². The van der Waals surface area contributed by atoms with Crippen molar-refractivity contribution in [1.82, 2.24) is 0 Å². The summed E-state index contributed by atoms with van der Waals surface area (Å²) >= 11 is 3.40. The molecule has 1 atom stereocenters. The van der Waals surface area contributed by atoms with E-state index in [1.165, 1.54) is 0 Å². The molecule has 6 heteroatoms. The fraction of sp³-hybridized carbons (Fsp3) is 0.333. The first kappa shape index (κ1) is 17.3. The van der Waals surface area contributed by atoms with E-state index in [1.807, 2.05) is 52.1 Å². The third kappa shape index (κ3) is 2.71. The highest BCUT2D eigenvalue weighted by atomic mass is 79.9. The summed E-state index contributed by atoms with van der Waals surface area (Å²) in [5, 5.41) is 0. The van der Waals surface area contributed by atoms with Gasteiger partial charge in [0.1, 0.15) is 0 Å². The molecule has 2 aromatic rings. The monoisotopic (exact) mass is 408 g/mol. The SMILES string of the molecule is Cc1cc(Br)ccc1S(=O)(=O)N1c2c(C)cccc2N(C)CC1C. The standard InChI is InChI=1S/C18H21BrN2O2S/c1-12-6-5-7-16-18(12)21(14(3)11-20(16)4)24(22,23)17-9-8-15(19)10-13(17)2/h5-10,14H,11H2,1-4H3. The van der Waals surface area contributed by atoms with Crippen molar-refractivity contribution in [1.29, 1.82) is 0 Å². The molecule has 3 rings (SSSR count). The van der Waals surface area contributed by atoms with Gasteiger partial charge in [-0.2, -0.15) is 0 Å². The second kappa shape index (κ2) is 6.08. The van der Waals surface area contributed by atoms with Gasteiger partial charge in [0.15, 0.2) is 0 Å². The summed E-state index contributed by atoms with van der Waals surface area (Å²) in [7, 11) is -1.63. The molecule has 0 amide bonds. The number of anilines is 2. The fourth-order valence-corrected chi connectivity index (χ4v) is 5.80. The molecular formula is C18H21BrN2O2S. The first-order valence-electron chi connectivity index (χ1n) is 7.85. The quantitative estimate of drug-likeness (QED) is 0.750. The van der Waals surface area contributed by atoms with Crippen molar-refractivity contribution in [3.8, 4) is 0 Å². The minimum absolute atomic E-state index is 0.142. The molecule has 0 spiro atoms. The Kier molecular flexibility index (Phi) is 4.38. The average molecular weight is 409 g/mol. The number of aryl methyl sites for hydroxylation is 2. The Morgan fingerprint density at radius 3 is 2.50 bits per heavy atom. The Bertz CT molecular complexity index is 896. The lowest BCUT2D eigenvalue weighted by atomic mass is 10.1. The molecule has 0 N–H and O–H groups in total. The zero-order chi connectivity index (χ0) is 17.6. The zero-order valence-electron chi connectivity index (χ0n) is 14.2. The van der Waals surface area contributed by atoms with E-state index in [1.54, 1.807) is 16.4 Å². The van der Waals surface area contributed by atoms with Crippen LogP contribution in [0, 0.1) is 13.8 Å². The van der Waals surface area contributed by atoms with Crippen LogP contribution < -0.4 is 9.21 Å². The van der Waals surface area contributed by atoms with Gasteiger partial charge in [0.2, 0.25) is 0 Å². The molecule has 1 aliphatic rings. The summed E-state index contributed by atoms with van der Waals surface area (Å²) < 4.78 is 29.4. The molecule has 0 saturated heterocycles. The number of fused-ring (bicyclic) bond motifs is 1. The van der Waals surface area contributed by atoms with Crippen LogP contribution in [0.5, 0.6) is 0 Å². The van der Waals surface area contributed by atoms with Crippen molar-refractivity contribution in [3.05, 3.63) is 52.0 Å². The van der Waals surface area contributed by atoms with Gasteiger partial charge in [-0.25, -0.2) is 8.42 Å². The molecule has 0 aromatic heterocycles. The van der Waals surface area contributed by atoms with E-state index in [0.717, 1.165) is 27.0 Å². The molecule has 0 fully saturated rings. The normalized spacial score (nSPS) is 17.8. The molecule has 1 unspecified atom stereocenters. The lowest BCUT2D eigenvalue weighted by Gasteiger charge is -2.42. The molecule has 128 valence electrons. The van der Waals surface area contributed by atoms with Crippen molar-refractivity contribution < 1.29 is 8.42 Å². The van der Waals surface area contributed by atoms with E-state index < -0.39 is 10.0 Å². The molecule has 2 aromatic carbocycles. The lowest BCUT2D eigenvalue weighted by molar-refractivity contribution is 0.574. The third-order valence-electron chi connectivity index (χ3n) is 4.46. The predicted octanol–water partition coefficient (Wildman–Crippen LogP) is 4.10. The number of rotatable bonds is 2. The maximum absolute atomic E-state index is 13.4. The highest BCUT2D eigenvalue weighted by Gasteiger charge is 2.37. The van der Waals surface area contributed by atoms with Crippen molar-refractivity contribution in [2.75, 3.05) is 22.8 Å². The van der Waals surface area contributed by atoms with Gasteiger partial charge >= 0.3 is 0 Å². The molecular weight excluding hydrogens is 388 g/mol. The smallest absolute Gasteiger partial charge is 0.264 e. The van der Waals surface area contributed by atoms with Gasteiger partial charge in [-0.3, -0.25) is 4.31 Å². The molecule has 1 heterocycles. The van der Waals surface area contributed by atoms with Crippen LogP contribution in [0.15, 0.2) is 45.8 Å². The van der Waals surface area contributed by atoms with E-state index in [4.69, 9.17) is 0 Å². The van der Waals surface area contributed by atoms with E-state index >= 15 is 0 Å². The maximum atomic E-state index is 13.4. The van der Waals surface area contributed by atoms with E-state index in [-0.39, 0.29) is 6.04 Å². The third-order valence-corrected chi connectivity index (χ3v) is 7.03. The van der Waals surface area contributed by atoms with Gasteiger partial charge in [0.25, 0.3) is 10.0 Å². The number of hydrogen-bond donors (Lipinski definition) is 0. The number of para-hydroxylation sites is 1. The number of benzene rings is 2. The van der Waals surface area contributed by atoms with Crippen LogP contribution in [0.25, 0.3) is 0 Å². The predicted molar refractivity (Wildman–Crippen MR) is 102 cm³/mol. The Morgan fingerprint density at radius 2 is 1.83 bits per heavy atom. The topological polar surface area (TPSA) is 40.6 Å². The minimum Gasteiger partial charge on any atom is -0.371 e. The van der Waals surface area contributed by atoms with Crippen molar-refractivity contribution in [2.45, 2.75) is 31.7 Å².